The highest BCUT2D eigenvalue weighted by atomic mass is 16.5. The van der Waals surface area contributed by atoms with Crippen molar-refractivity contribution in [2.24, 2.45) is 5.73 Å². The van der Waals surface area contributed by atoms with Crippen LogP contribution in [0.3, 0.4) is 0 Å². The first kappa shape index (κ1) is 17.1. The maximum atomic E-state index is 12.0. The highest BCUT2D eigenvalue weighted by Gasteiger charge is 2.12. The summed E-state index contributed by atoms with van der Waals surface area (Å²) in [5.41, 5.74) is 10.2. The average Bonchev–Trinajstić information content (AvgIpc) is 3.06. The van der Waals surface area contributed by atoms with E-state index in [1.54, 1.807) is 7.11 Å². The Kier molecular flexibility index (Phi) is 5.11. The highest BCUT2D eigenvalue weighted by molar-refractivity contribution is 5.91. The van der Waals surface area contributed by atoms with E-state index in [0.29, 0.717) is 6.54 Å². The van der Waals surface area contributed by atoms with Crippen LogP contribution >= 0.6 is 0 Å². The first-order valence-corrected chi connectivity index (χ1v) is 8.18. The molecule has 25 heavy (non-hydrogen) atoms. The van der Waals surface area contributed by atoms with E-state index in [1.807, 2.05) is 60.1 Å². The number of aryl methyl sites for hydroxylation is 1. The van der Waals surface area contributed by atoms with Gasteiger partial charge in [-0.25, -0.2) is 4.98 Å². The van der Waals surface area contributed by atoms with Crippen LogP contribution in [0.5, 0.6) is 0 Å². The molecule has 3 rings (SSSR count). The minimum atomic E-state index is -0.263. The molecule has 1 atom stereocenters. The maximum Gasteiger partial charge on any atom is 0.227 e. The van der Waals surface area contributed by atoms with Gasteiger partial charge in [-0.3, -0.25) is 4.79 Å². The third kappa shape index (κ3) is 3.87. The molecule has 3 N–H and O–H groups in total. The summed E-state index contributed by atoms with van der Waals surface area (Å²) in [6.45, 7) is 2.36. The summed E-state index contributed by atoms with van der Waals surface area (Å²) >= 11 is 0. The number of ether oxygens (including phenoxy) is 1. The third-order valence-corrected chi connectivity index (χ3v) is 4.15. The fourth-order valence-corrected chi connectivity index (χ4v) is 2.70. The number of nitrogens with zero attached hydrogens (tertiary/aromatic N) is 2. The van der Waals surface area contributed by atoms with Gasteiger partial charge in [0, 0.05) is 37.3 Å². The van der Waals surface area contributed by atoms with Gasteiger partial charge in [-0.2, -0.15) is 0 Å². The fourth-order valence-electron chi connectivity index (χ4n) is 2.70. The highest BCUT2D eigenvalue weighted by Crippen LogP contribution is 2.22. The number of carbonyl (C=O) groups is 1. The Balaban J connectivity index is 1.73. The van der Waals surface area contributed by atoms with Crippen molar-refractivity contribution < 1.29 is 9.53 Å². The van der Waals surface area contributed by atoms with Gasteiger partial charge in [0.15, 0.2) is 0 Å². The number of hydrogen-bond donors (Lipinski definition) is 2. The minimum Gasteiger partial charge on any atom is -0.380 e. The van der Waals surface area contributed by atoms with Gasteiger partial charge in [0.25, 0.3) is 0 Å². The number of pyridine rings is 1. The van der Waals surface area contributed by atoms with Crippen LogP contribution in [0.1, 0.15) is 12.0 Å². The summed E-state index contributed by atoms with van der Waals surface area (Å²) in [5.74, 6) is -0.117. The molecule has 0 saturated carbocycles. The van der Waals surface area contributed by atoms with Crippen molar-refractivity contribution in [1.29, 1.82) is 0 Å². The van der Waals surface area contributed by atoms with Crippen LogP contribution < -0.4 is 11.1 Å². The van der Waals surface area contributed by atoms with Gasteiger partial charge in [-0.05, 0) is 30.7 Å². The Bertz CT molecular complexity index is 867. The number of fused-ring (bicyclic) bond motifs is 1. The van der Waals surface area contributed by atoms with Gasteiger partial charge in [0.2, 0.25) is 5.91 Å². The first-order chi connectivity index (χ1) is 12.1. The van der Waals surface area contributed by atoms with Gasteiger partial charge in [0.05, 0.1) is 18.2 Å². The summed E-state index contributed by atoms with van der Waals surface area (Å²) in [6.07, 6.45) is 3.96. The van der Waals surface area contributed by atoms with E-state index < -0.39 is 0 Å². The number of anilines is 1. The van der Waals surface area contributed by atoms with Crippen molar-refractivity contribution >= 4 is 17.2 Å². The predicted molar refractivity (Wildman–Crippen MR) is 98.5 cm³/mol. The van der Waals surface area contributed by atoms with Gasteiger partial charge >= 0.3 is 0 Å². The van der Waals surface area contributed by atoms with E-state index in [0.717, 1.165) is 28.2 Å². The number of methoxy groups -OCH3 is 1. The van der Waals surface area contributed by atoms with E-state index in [1.165, 1.54) is 0 Å². The molecule has 1 amide bonds. The zero-order valence-electron chi connectivity index (χ0n) is 14.4. The lowest BCUT2D eigenvalue weighted by atomic mass is 10.1. The van der Waals surface area contributed by atoms with Gasteiger partial charge in [-0.15, -0.1) is 0 Å². The summed E-state index contributed by atoms with van der Waals surface area (Å²) in [6, 6.07) is 11.7. The summed E-state index contributed by atoms with van der Waals surface area (Å²) < 4.78 is 7.14. The number of imidazole rings is 1. The summed E-state index contributed by atoms with van der Waals surface area (Å²) in [4.78, 5) is 16.7. The SMILES string of the molecule is COC(CN)CC(=O)Nc1ccc(-c2cn3cccc(C)c3n2)cc1. The van der Waals surface area contributed by atoms with E-state index in [9.17, 15) is 4.79 Å². The van der Waals surface area contributed by atoms with E-state index in [-0.39, 0.29) is 18.4 Å². The molecule has 0 fully saturated rings. The molecule has 0 aliphatic carbocycles. The Hall–Kier alpha value is -2.70. The largest absolute Gasteiger partial charge is 0.380 e. The topological polar surface area (TPSA) is 81.6 Å². The molecule has 2 heterocycles. The second kappa shape index (κ2) is 7.46. The Morgan fingerprint density at radius 2 is 2.08 bits per heavy atom. The van der Waals surface area contributed by atoms with Crippen LogP contribution in [0.2, 0.25) is 0 Å². The summed E-state index contributed by atoms with van der Waals surface area (Å²) in [7, 11) is 1.55. The van der Waals surface area contributed by atoms with Crippen molar-refractivity contribution in [2.45, 2.75) is 19.4 Å². The van der Waals surface area contributed by atoms with Gasteiger partial charge in [0.1, 0.15) is 5.65 Å². The smallest absolute Gasteiger partial charge is 0.227 e. The minimum absolute atomic E-state index is 0.117. The number of aromatic nitrogens is 2. The number of amides is 1. The first-order valence-electron chi connectivity index (χ1n) is 8.18. The van der Waals surface area contributed by atoms with Crippen LogP contribution in [0, 0.1) is 6.92 Å². The fraction of sp³-hybridized carbons (Fsp3) is 0.263. The molecule has 0 saturated heterocycles. The van der Waals surface area contributed by atoms with Crippen molar-refractivity contribution in [3.05, 3.63) is 54.4 Å². The normalized spacial score (nSPS) is 12.3. The maximum absolute atomic E-state index is 12.0. The number of hydrogen-bond acceptors (Lipinski definition) is 4. The number of nitrogens with one attached hydrogen (secondary N) is 1. The Morgan fingerprint density at radius 3 is 2.72 bits per heavy atom. The number of carbonyl (C=O) groups excluding carboxylic acids is 1. The van der Waals surface area contributed by atoms with Gasteiger partial charge in [-0.1, -0.05) is 18.2 Å². The molecule has 6 nitrogen and oxygen atoms in total. The number of benzene rings is 1. The molecule has 1 aromatic carbocycles. The molecule has 3 aromatic rings. The molecular weight excluding hydrogens is 316 g/mol. The predicted octanol–water partition coefficient (Wildman–Crippen LogP) is 2.61. The number of rotatable bonds is 6. The average molecular weight is 338 g/mol. The van der Waals surface area contributed by atoms with Crippen molar-refractivity contribution in [3.8, 4) is 11.3 Å². The van der Waals surface area contributed by atoms with Crippen LogP contribution in [-0.2, 0) is 9.53 Å². The molecule has 6 heteroatoms. The van der Waals surface area contributed by atoms with Crippen LogP contribution in [-0.4, -0.2) is 35.1 Å². The van der Waals surface area contributed by atoms with Crippen LogP contribution in [0.25, 0.3) is 16.9 Å². The zero-order chi connectivity index (χ0) is 17.8. The quantitative estimate of drug-likeness (QED) is 0.724. The van der Waals surface area contributed by atoms with Crippen molar-refractivity contribution in [3.63, 3.8) is 0 Å². The van der Waals surface area contributed by atoms with E-state index >= 15 is 0 Å². The number of nitrogens with two attached hydrogens (primary N) is 1. The van der Waals surface area contributed by atoms with Crippen molar-refractivity contribution in [2.75, 3.05) is 19.0 Å². The monoisotopic (exact) mass is 338 g/mol. The molecule has 0 aliphatic rings. The van der Waals surface area contributed by atoms with E-state index in [4.69, 9.17) is 10.5 Å². The Morgan fingerprint density at radius 1 is 1.32 bits per heavy atom. The lowest BCUT2D eigenvalue weighted by Gasteiger charge is -2.12. The second-order valence-electron chi connectivity index (χ2n) is 5.97. The molecule has 130 valence electrons. The third-order valence-electron chi connectivity index (χ3n) is 4.15. The summed E-state index contributed by atoms with van der Waals surface area (Å²) in [5, 5.41) is 2.86. The molecule has 0 bridgehead atoms. The lowest BCUT2D eigenvalue weighted by molar-refractivity contribution is -0.118. The second-order valence-corrected chi connectivity index (χ2v) is 5.97. The Labute approximate surface area is 146 Å². The molecule has 2 aromatic heterocycles. The van der Waals surface area contributed by atoms with Crippen molar-refractivity contribution in [1.82, 2.24) is 9.38 Å². The zero-order valence-corrected chi connectivity index (χ0v) is 14.4. The van der Waals surface area contributed by atoms with Gasteiger partial charge < -0.3 is 20.2 Å². The molecule has 0 spiro atoms. The van der Waals surface area contributed by atoms with Crippen LogP contribution in [0.4, 0.5) is 5.69 Å². The molecule has 0 radical (unpaired) electrons. The lowest BCUT2D eigenvalue weighted by Crippen LogP contribution is -2.28. The molecular formula is C19H22N4O2. The molecule has 1 unspecified atom stereocenters. The van der Waals surface area contributed by atoms with Crippen LogP contribution in [0.15, 0.2) is 48.8 Å². The molecule has 0 aliphatic heterocycles. The standard InChI is InChI=1S/C19H22N4O2/c1-13-4-3-9-23-12-17(22-19(13)23)14-5-7-15(8-6-14)21-18(24)10-16(11-20)25-2/h3-9,12,16H,10-11,20H2,1-2H3,(H,21,24). The van der Waals surface area contributed by atoms with E-state index in [2.05, 4.69) is 10.3 Å².